The van der Waals surface area contributed by atoms with E-state index in [4.69, 9.17) is 16.3 Å². The van der Waals surface area contributed by atoms with Gasteiger partial charge in [0.1, 0.15) is 5.54 Å². The van der Waals surface area contributed by atoms with Crippen molar-refractivity contribution < 1.29 is 19.2 Å². The predicted molar refractivity (Wildman–Crippen MR) is 88.0 cm³/mol. The Bertz CT molecular complexity index is 668. The summed E-state index contributed by atoms with van der Waals surface area (Å²) in [6.07, 6.45) is 2.56. The summed E-state index contributed by atoms with van der Waals surface area (Å²) in [7, 11) is 1.28. The third-order valence-electron chi connectivity index (χ3n) is 4.46. The van der Waals surface area contributed by atoms with E-state index in [1.54, 1.807) is 0 Å². The maximum absolute atomic E-state index is 12.5. The molecule has 1 N–H and O–H groups in total. The second-order valence-corrected chi connectivity index (χ2v) is 6.54. The van der Waals surface area contributed by atoms with Crippen molar-refractivity contribution in [1.82, 2.24) is 5.32 Å². The first-order valence-corrected chi connectivity index (χ1v) is 8.02. The summed E-state index contributed by atoms with van der Waals surface area (Å²) in [4.78, 5) is 34.9. The molecule has 2 rings (SSSR count). The van der Waals surface area contributed by atoms with E-state index in [0.29, 0.717) is 18.8 Å². The Morgan fingerprint density at radius 1 is 1.38 bits per heavy atom. The molecule has 1 amide bonds. The number of rotatable bonds is 4. The molecule has 0 heterocycles. The molecule has 0 radical (unpaired) electrons. The van der Waals surface area contributed by atoms with E-state index in [0.717, 1.165) is 18.9 Å². The van der Waals surface area contributed by atoms with Gasteiger partial charge in [-0.25, -0.2) is 4.79 Å². The molecular weight excluding hydrogens is 336 g/mol. The van der Waals surface area contributed by atoms with Gasteiger partial charge in [0, 0.05) is 12.1 Å². The highest BCUT2D eigenvalue weighted by atomic mass is 35.5. The highest BCUT2D eigenvalue weighted by Crippen LogP contribution is 2.33. The SMILES string of the molecule is COC(=O)C1(NC(=O)c2ccc([N+](=O)[O-])cc2Cl)CCC(C)CC1. The van der Waals surface area contributed by atoms with Crippen molar-refractivity contribution in [3.63, 3.8) is 0 Å². The third kappa shape index (κ3) is 3.67. The van der Waals surface area contributed by atoms with Crippen LogP contribution in [-0.4, -0.2) is 29.4 Å². The zero-order chi connectivity index (χ0) is 17.9. The van der Waals surface area contributed by atoms with E-state index in [1.165, 1.54) is 19.2 Å². The Hall–Kier alpha value is -2.15. The molecule has 1 aliphatic rings. The van der Waals surface area contributed by atoms with Crippen LogP contribution in [0.5, 0.6) is 0 Å². The molecule has 1 saturated carbocycles. The standard InChI is InChI=1S/C16H19ClN2O5/c1-10-5-7-16(8-6-10,15(21)24-2)18-14(20)12-4-3-11(19(22)23)9-13(12)17/h3-4,9-10H,5-8H2,1-2H3,(H,18,20). The minimum atomic E-state index is -1.08. The zero-order valence-electron chi connectivity index (χ0n) is 13.5. The van der Waals surface area contributed by atoms with Crippen molar-refractivity contribution in [1.29, 1.82) is 0 Å². The van der Waals surface area contributed by atoms with E-state index in [1.807, 2.05) is 0 Å². The Labute approximate surface area is 144 Å². The lowest BCUT2D eigenvalue weighted by Crippen LogP contribution is -2.56. The number of ether oxygens (including phenoxy) is 1. The fourth-order valence-corrected chi connectivity index (χ4v) is 3.18. The van der Waals surface area contributed by atoms with Crippen molar-refractivity contribution >= 4 is 29.2 Å². The Morgan fingerprint density at radius 2 is 2.00 bits per heavy atom. The molecule has 0 unspecified atom stereocenters. The molecule has 1 aliphatic carbocycles. The van der Waals surface area contributed by atoms with E-state index < -0.39 is 22.3 Å². The smallest absolute Gasteiger partial charge is 0.331 e. The van der Waals surface area contributed by atoms with Crippen LogP contribution in [0.4, 0.5) is 5.69 Å². The van der Waals surface area contributed by atoms with Crippen LogP contribution in [0, 0.1) is 16.0 Å². The van der Waals surface area contributed by atoms with Crippen molar-refractivity contribution in [3.05, 3.63) is 38.9 Å². The highest BCUT2D eigenvalue weighted by molar-refractivity contribution is 6.34. The molecule has 0 saturated heterocycles. The van der Waals surface area contributed by atoms with Crippen LogP contribution in [0.25, 0.3) is 0 Å². The summed E-state index contributed by atoms with van der Waals surface area (Å²) < 4.78 is 4.87. The van der Waals surface area contributed by atoms with Crippen molar-refractivity contribution in [2.24, 2.45) is 5.92 Å². The number of hydrogen-bond donors (Lipinski definition) is 1. The van der Waals surface area contributed by atoms with Gasteiger partial charge in [0.15, 0.2) is 0 Å². The molecule has 0 atom stereocenters. The fourth-order valence-electron chi connectivity index (χ4n) is 2.92. The van der Waals surface area contributed by atoms with Crippen LogP contribution in [0.1, 0.15) is 43.0 Å². The predicted octanol–water partition coefficient (Wildman–Crippen LogP) is 3.10. The highest BCUT2D eigenvalue weighted by Gasteiger charge is 2.43. The molecule has 0 aliphatic heterocycles. The molecule has 7 nitrogen and oxygen atoms in total. The minimum absolute atomic E-state index is 0.0362. The quantitative estimate of drug-likeness (QED) is 0.509. The van der Waals surface area contributed by atoms with Gasteiger partial charge in [-0.05, 0) is 37.7 Å². The first-order valence-electron chi connectivity index (χ1n) is 7.64. The summed E-state index contributed by atoms with van der Waals surface area (Å²) in [5.41, 5.74) is -1.20. The lowest BCUT2D eigenvalue weighted by atomic mass is 9.77. The van der Waals surface area contributed by atoms with Crippen molar-refractivity contribution in [2.75, 3.05) is 7.11 Å². The van der Waals surface area contributed by atoms with Gasteiger partial charge >= 0.3 is 5.97 Å². The van der Waals surface area contributed by atoms with Gasteiger partial charge in [-0.3, -0.25) is 14.9 Å². The number of non-ortho nitro benzene ring substituents is 1. The normalized spacial score (nSPS) is 23.4. The van der Waals surface area contributed by atoms with E-state index >= 15 is 0 Å². The topological polar surface area (TPSA) is 98.5 Å². The number of halogens is 1. The summed E-state index contributed by atoms with van der Waals surface area (Å²) in [6.45, 7) is 2.09. The van der Waals surface area contributed by atoms with Crippen LogP contribution in [0.3, 0.4) is 0 Å². The second-order valence-electron chi connectivity index (χ2n) is 6.13. The molecule has 0 bridgehead atoms. The summed E-state index contributed by atoms with van der Waals surface area (Å²) in [5, 5.41) is 13.5. The van der Waals surface area contributed by atoms with Gasteiger partial charge < -0.3 is 10.1 Å². The molecular formula is C16H19ClN2O5. The molecule has 0 aromatic heterocycles. The number of nitro benzene ring substituents is 1. The number of carbonyl (C=O) groups is 2. The minimum Gasteiger partial charge on any atom is -0.467 e. The molecule has 130 valence electrons. The van der Waals surface area contributed by atoms with Crippen LogP contribution in [0.15, 0.2) is 18.2 Å². The Morgan fingerprint density at radius 3 is 2.50 bits per heavy atom. The number of nitro groups is 1. The second kappa shape index (κ2) is 7.17. The number of nitrogens with one attached hydrogen (secondary N) is 1. The Kier molecular flexibility index (Phi) is 5.43. The molecule has 1 fully saturated rings. The molecule has 8 heteroatoms. The largest absolute Gasteiger partial charge is 0.467 e. The van der Waals surface area contributed by atoms with Gasteiger partial charge in [0.05, 0.1) is 22.6 Å². The number of carbonyl (C=O) groups excluding carboxylic acids is 2. The molecule has 1 aromatic rings. The van der Waals surface area contributed by atoms with E-state index in [-0.39, 0.29) is 16.3 Å². The third-order valence-corrected chi connectivity index (χ3v) is 4.78. The number of hydrogen-bond acceptors (Lipinski definition) is 5. The van der Waals surface area contributed by atoms with Gasteiger partial charge in [-0.15, -0.1) is 0 Å². The van der Waals surface area contributed by atoms with Crippen LogP contribution in [-0.2, 0) is 9.53 Å². The maximum atomic E-state index is 12.5. The Balaban J connectivity index is 2.25. The van der Waals surface area contributed by atoms with Crippen LogP contribution in [0.2, 0.25) is 5.02 Å². The lowest BCUT2D eigenvalue weighted by Gasteiger charge is -2.37. The first-order chi connectivity index (χ1) is 11.3. The average molecular weight is 355 g/mol. The van der Waals surface area contributed by atoms with Gasteiger partial charge in [0.2, 0.25) is 0 Å². The van der Waals surface area contributed by atoms with Crippen molar-refractivity contribution in [3.8, 4) is 0 Å². The molecule has 24 heavy (non-hydrogen) atoms. The van der Waals surface area contributed by atoms with E-state index in [9.17, 15) is 19.7 Å². The van der Waals surface area contributed by atoms with Gasteiger partial charge in [-0.2, -0.15) is 0 Å². The average Bonchev–Trinajstić information content (AvgIpc) is 2.56. The van der Waals surface area contributed by atoms with Crippen molar-refractivity contribution in [2.45, 2.75) is 38.1 Å². The summed E-state index contributed by atoms with van der Waals surface area (Å²) >= 11 is 5.99. The van der Waals surface area contributed by atoms with Crippen LogP contribution < -0.4 is 5.32 Å². The number of amides is 1. The number of nitrogens with zero attached hydrogens (tertiary/aromatic N) is 1. The number of benzene rings is 1. The monoisotopic (exact) mass is 354 g/mol. The van der Waals surface area contributed by atoms with Crippen LogP contribution >= 0.6 is 11.6 Å². The van der Waals surface area contributed by atoms with Gasteiger partial charge in [-0.1, -0.05) is 18.5 Å². The fraction of sp³-hybridized carbons (Fsp3) is 0.500. The number of esters is 1. The number of methoxy groups -OCH3 is 1. The summed E-state index contributed by atoms with van der Waals surface area (Å²) in [6, 6.07) is 3.60. The molecule has 1 aromatic carbocycles. The zero-order valence-corrected chi connectivity index (χ0v) is 14.3. The summed E-state index contributed by atoms with van der Waals surface area (Å²) in [5.74, 6) is -0.557. The molecule has 0 spiro atoms. The maximum Gasteiger partial charge on any atom is 0.331 e. The lowest BCUT2D eigenvalue weighted by molar-refractivity contribution is -0.384. The first kappa shape index (κ1) is 18.2. The van der Waals surface area contributed by atoms with E-state index in [2.05, 4.69) is 12.2 Å². The van der Waals surface area contributed by atoms with Gasteiger partial charge in [0.25, 0.3) is 11.6 Å².